The minimum Gasteiger partial charge on any atom is -0.490 e. The molecule has 0 heterocycles. The van der Waals surface area contributed by atoms with E-state index in [1.807, 2.05) is 0 Å². The van der Waals surface area contributed by atoms with E-state index in [2.05, 4.69) is 21.2 Å². The number of hydrogen-bond acceptors (Lipinski definition) is 4. The number of carboxylic acids is 1. The molecule has 0 atom stereocenters. The molecule has 0 fully saturated rings. The molecule has 126 valence electrons. The van der Waals surface area contributed by atoms with Crippen LogP contribution in [-0.2, 0) is 4.74 Å². The molecule has 0 aliphatic carbocycles. The lowest BCUT2D eigenvalue weighted by molar-refractivity contribution is 0.0698. The van der Waals surface area contributed by atoms with Gasteiger partial charge in [-0.15, -0.1) is 0 Å². The Morgan fingerprint density at radius 3 is 2.58 bits per heavy atom. The van der Waals surface area contributed by atoms with Crippen LogP contribution in [0.15, 0.2) is 46.9 Å². The van der Waals surface area contributed by atoms with Crippen LogP contribution in [0.2, 0.25) is 0 Å². The minimum absolute atomic E-state index is 0.0319. The van der Waals surface area contributed by atoms with Gasteiger partial charge in [-0.1, -0.05) is 12.1 Å². The number of amides is 1. The molecule has 0 aliphatic heterocycles. The summed E-state index contributed by atoms with van der Waals surface area (Å²) in [5.41, 5.74) is 0.650. The van der Waals surface area contributed by atoms with Crippen molar-refractivity contribution in [3.8, 4) is 5.75 Å². The first-order valence-electron chi connectivity index (χ1n) is 7.08. The zero-order chi connectivity index (χ0) is 17.5. The van der Waals surface area contributed by atoms with Gasteiger partial charge in [-0.3, -0.25) is 4.79 Å². The van der Waals surface area contributed by atoms with Crippen LogP contribution in [0.5, 0.6) is 5.75 Å². The molecule has 0 aromatic heterocycles. The first kappa shape index (κ1) is 18.0. The number of nitrogens with one attached hydrogen (secondary N) is 1. The Hall–Kier alpha value is -2.38. The maximum atomic E-state index is 12.3. The number of benzene rings is 2. The van der Waals surface area contributed by atoms with Gasteiger partial charge in [-0.05, 0) is 46.3 Å². The number of ether oxygens (including phenoxy) is 2. The molecule has 2 rings (SSSR count). The summed E-state index contributed by atoms with van der Waals surface area (Å²) in [4.78, 5) is 23.5. The SMILES string of the molecule is COCCOc1ccc(C(=O)Nc2ccccc2C(=O)O)cc1Br. The number of carbonyl (C=O) groups excluding carboxylic acids is 1. The van der Waals surface area contributed by atoms with Crippen molar-refractivity contribution in [1.29, 1.82) is 0 Å². The van der Waals surface area contributed by atoms with Crippen LogP contribution in [0.25, 0.3) is 0 Å². The van der Waals surface area contributed by atoms with Gasteiger partial charge in [-0.2, -0.15) is 0 Å². The third kappa shape index (κ3) is 4.56. The Bertz CT molecular complexity index is 748. The van der Waals surface area contributed by atoms with Gasteiger partial charge in [-0.25, -0.2) is 4.79 Å². The summed E-state index contributed by atoms with van der Waals surface area (Å²) in [6.45, 7) is 0.854. The summed E-state index contributed by atoms with van der Waals surface area (Å²) in [5, 5.41) is 11.8. The molecule has 0 saturated heterocycles. The fourth-order valence-electron chi connectivity index (χ4n) is 1.97. The third-order valence-corrected chi connectivity index (χ3v) is 3.76. The number of para-hydroxylation sites is 1. The van der Waals surface area contributed by atoms with Crippen molar-refractivity contribution in [2.24, 2.45) is 0 Å². The van der Waals surface area contributed by atoms with Gasteiger partial charge in [0.15, 0.2) is 0 Å². The van der Waals surface area contributed by atoms with Crippen molar-refractivity contribution in [1.82, 2.24) is 0 Å². The number of anilines is 1. The summed E-state index contributed by atoms with van der Waals surface area (Å²) >= 11 is 3.35. The molecule has 24 heavy (non-hydrogen) atoms. The van der Waals surface area contributed by atoms with Gasteiger partial charge in [0, 0.05) is 12.7 Å². The summed E-state index contributed by atoms with van der Waals surface area (Å²) in [6.07, 6.45) is 0. The molecule has 0 unspecified atom stereocenters. The molecule has 0 spiro atoms. The highest BCUT2D eigenvalue weighted by Crippen LogP contribution is 2.26. The van der Waals surface area contributed by atoms with Crippen molar-refractivity contribution in [2.45, 2.75) is 0 Å². The number of carboxylic acid groups (broad SMARTS) is 1. The number of carbonyl (C=O) groups is 2. The summed E-state index contributed by atoms with van der Waals surface area (Å²) in [5.74, 6) is -0.920. The summed E-state index contributed by atoms with van der Waals surface area (Å²) < 4.78 is 11.0. The Labute approximate surface area is 147 Å². The lowest BCUT2D eigenvalue weighted by Gasteiger charge is -2.11. The van der Waals surface area contributed by atoms with Gasteiger partial charge in [0.2, 0.25) is 0 Å². The molecule has 1 amide bonds. The second-order valence-corrected chi connectivity index (χ2v) is 5.65. The molecule has 7 heteroatoms. The van der Waals surface area contributed by atoms with Gasteiger partial charge >= 0.3 is 5.97 Å². The number of rotatable bonds is 7. The van der Waals surface area contributed by atoms with Gasteiger partial charge in [0.05, 0.1) is 22.3 Å². The molecule has 0 bridgehead atoms. The molecule has 6 nitrogen and oxygen atoms in total. The predicted octanol–water partition coefficient (Wildman–Crippen LogP) is 3.42. The maximum Gasteiger partial charge on any atom is 0.337 e. The van der Waals surface area contributed by atoms with Crippen molar-refractivity contribution in [3.05, 3.63) is 58.1 Å². The molecular weight excluding hydrogens is 378 g/mol. The second-order valence-electron chi connectivity index (χ2n) is 4.79. The topological polar surface area (TPSA) is 84.9 Å². The van der Waals surface area contributed by atoms with Crippen LogP contribution < -0.4 is 10.1 Å². The standard InChI is InChI=1S/C17H16BrNO5/c1-23-8-9-24-15-7-6-11(10-13(15)18)16(20)19-14-5-3-2-4-12(14)17(21)22/h2-7,10H,8-9H2,1H3,(H,19,20)(H,21,22). The van der Waals surface area contributed by atoms with Crippen LogP contribution >= 0.6 is 15.9 Å². The highest BCUT2D eigenvalue weighted by atomic mass is 79.9. The van der Waals surface area contributed by atoms with E-state index < -0.39 is 11.9 Å². The quantitative estimate of drug-likeness (QED) is 0.703. The first-order chi connectivity index (χ1) is 11.5. The number of methoxy groups -OCH3 is 1. The van der Waals surface area contributed by atoms with Crippen molar-refractivity contribution >= 4 is 33.5 Å². The van der Waals surface area contributed by atoms with Crippen LogP contribution in [0.4, 0.5) is 5.69 Å². The van der Waals surface area contributed by atoms with Crippen molar-refractivity contribution < 1.29 is 24.2 Å². The second kappa shape index (κ2) is 8.47. The average molecular weight is 394 g/mol. The minimum atomic E-state index is -1.10. The molecule has 0 saturated carbocycles. The number of aromatic carboxylic acids is 1. The molecule has 2 aromatic rings. The monoisotopic (exact) mass is 393 g/mol. The van der Waals surface area contributed by atoms with E-state index in [0.29, 0.717) is 29.0 Å². The van der Waals surface area contributed by atoms with Crippen LogP contribution in [-0.4, -0.2) is 37.3 Å². The lowest BCUT2D eigenvalue weighted by Crippen LogP contribution is -2.15. The van der Waals surface area contributed by atoms with Gasteiger partial charge < -0.3 is 19.9 Å². The molecule has 2 N–H and O–H groups in total. The normalized spacial score (nSPS) is 10.2. The van der Waals surface area contributed by atoms with E-state index in [0.717, 1.165) is 0 Å². The smallest absolute Gasteiger partial charge is 0.337 e. The Morgan fingerprint density at radius 2 is 1.92 bits per heavy atom. The van der Waals surface area contributed by atoms with E-state index >= 15 is 0 Å². The lowest BCUT2D eigenvalue weighted by atomic mass is 10.1. The Morgan fingerprint density at radius 1 is 1.17 bits per heavy atom. The highest BCUT2D eigenvalue weighted by molar-refractivity contribution is 9.10. The third-order valence-electron chi connectivity index (χ3n) is 3.14. The maximum absolute atomic E-state index is 12.3. The fourth-order valence-corrected chi connectivity index (χ4v) is 2.46. The van der Waals surface area contributed by atoms with Crippen molar-refractivity contribution in [3.63, 3.8) is 0 Å². The van der Waals surface area contributed by atoms with E-state index in [1.165, 1.54) is 6.07 Å². The van der Waals surface area contributed by atoms with E-state index in [4.69, 9.17) is 14.6 Å². The van der Waals surface area contributed by atoms with E-state index in [-0.39, 0.29) is 11.3 Å². The van der Waals surface area contributed by atoms with Gasteiger partial charge in [0.1, 0.15) is 12.4 Å². The Kier molecular flexibility index (Phi) is 6.34. The summed E-state index contributed by atoms with van der Waals surface area (Å²) in [6, 6.07) is 11.1. The Balaban J connectivity index is 2.13. The van der Waals surface area contributed by atoms with Gasteiger partial charge in [0.25, 0.3) is 5.91 Å². The van der Waals surface area contributed by atoms with Crippen molar-refractivity contribution in [2.75, 3.05) is 25.6 Å². The molecule has 2 aromatic carbocycles. The predicted molar refractivity (Wildman–Crippen MR) is 92.9 cm³/mol. The van der Waals surface area contributed by atoms with Crippen LogP contribution in [0.3, 0.4) is 0 Å². The van der Waals surface area contributed by atoms with E-state index in [1.54, 1.807) is 43.5 Å². The number of halogens is 1. The highest BCUT2D eigenvalue weighted by Gasteiger charge is 2.14. The zero-order valence-electron chi connectivity index (χ0n) is 12.9. The summed E-state index contributed by atoms with van der Waals surface area (Å²) in [7, 11) is 1.58. The van der Waals surface area contributed by atoms with Crippen LogP contribution in [0, 0.1) is 0 Å². The average Bonchev–Trinajstić information content (AvgIpc) is 2.56. The molecule has 0 radical (unpaired) electrons. The zero-order valence-corrected chi connectivity index (χ0v) is 14.5. The largest absolute Gasteiger partial charge is 0.490 e. The van der Waals surface area contributed by atoms with E-state index in [9.17, 15) is 9.59 Å². The first-order valence-corrected chi connectivity index (χ1v) is 7.87. The molecular formula is C17H16BrNO5. The molecule has 0 aliphatic rings. The fraction of sp³-hybridized carbons (Fsp3) is 0.176. The van der Waals surface area contributed by atoms with Crippen LogP contribution in [0.1, 0.15) is 20.7 Å². The number of hydrogen-bond donors (Lipinski definition) is 2.